The van der Waals surface area contributed by atoms with Crippen molar-refractivity contribution in [2.75, 3.05) is 0 Å². The molecule has 0 aliphatic heterocycles. The highest BCUT2D eigenvalue weighted by Crippen LogP contribution is 2.30. The highest BCUT2D eigenvalue weighted by Gasteiger charge is 2.23. The fraction of sp³-hybridized carbons (Fsp3) is 0.500. The van der Waals surface area contributed by atoms with E-state index >= 15 is 0 Å². The van der Waals surface area contributed by atoms with Gasteiger partial charge in [-0.05, 0) is 24.0 Å². The molecule has 2 aromatic rings. The summed E-state index contributed by atoms with van der Waals surface area (Å²) < 4.78 is 0. The Bertz CT molecular complexity index is 417. The summed E-state index contributed by atoms with van der Waals surface area (Å²) in [7, 11) is 0. The second-order valence-electron chi connectivity index (χ2n) is 3.48. The van der Waals surface area contributed by atoms with Gasteiger partial charge in [0, 0.05) is 5.38 Å². The molecule has 0 aromatic carbocycles. The molecule has 0 radical (unpaired) electrons. The normalized spacial score (nSPS) is 16.0. The van der Waals surface area contributed by atoms with E-state index in [2.05, 4.69) is 20.4 Å². The standard InChI is InChI=1S/C8H9N5S/c1-2-6(1)3-13-11-8(10-12-13)7-4-14-5-9-7/h4-6H,1-3H2. The maximum Gasteiger partial charge on any atom is 0.224 e. The van der Waals surface area contributed by atoms with Gasteiger partial charge in [-0.1, -0.05) is 0 Å². The lowest BCUT2D eigenvalue weighted by atomic mass is 10.4. The van der Waals surface area contributed by atoms with Crippen molar-refractivity contribution in [3.63, 3.8) is 0 Å². The lowest BCUT2D eigenvalue weighted by molar-refractivity contribution is 0.486. The molecule has 0 atom stereocenters. The van der Waals surface area contributed by atoms with Crippen molar-refractivity contribution in [2.24, 2.45) is 5.92 Å². The van der Waals surface area contributed by atoms with Crippen molar-refractivity contribution < 1.29 is 0 Å². The average molecular weight is 207 g/mol. The van der Waals surface area contributed by atoms with Crippen molar-refractivity contribution in [1.29, 1.82) is 0 Å². The first-order valence-corrected chi connectivity index (χ1v) is 5.52. The van der Waals surface area contributed by atoms with E-state index in [9.17, 15) is 0 Å². The van der Waals surface area contributed by atoms with Gasteiger partial charge in [0.1, 0.15) is 5.69 Å². The van der Waals surface area contributed by atoms with E-state index in [1.165, 1.54) is 12.8 Å². The van der Waals surface area contributed by atoms with Crippen LogP contribution in [0.3, 0.4) is 0 Å². The Balaban J connectivity index is 1.82. The van der Waals surface area contributed by atoms with Crippen LogP contribution < -0.4 is 0 Å². The number of tetrazole rings is 1. The van der Waals surface area contributed by atoms with E-state index in [0.29, 0.717) is 5.82 Å². The highest BCUT2D eigenvalue weighted by molar-refractivity contribution is 7.07. The number of rotatable bonds is 3. The summed E-state index contributed by atoms with van der Waals surface area (Å²) in [5.41, 5.74) is 2.59. The molecule has 0 saturated heterocycles. The van der Waals surface area contributed by atoms with E-state index in [1.54, 1.807) is 21.6 Å². The first-order valence-electron chi connectivity index (χ1n) is 4.58. The third kappa shape index (κ3) is 1.52. The molecular formula is C8H9N5S. The topological polar surface area (TPSA) is 56.5 Å². The molecule has 14 heavy (non-hydrogen) atoms. The zero-order valence-corrected chi connectivity index (χ0v) is 8.31. The molecule has 3 rings (SSSR count). The highest BCUT2D eigenvalue weighted by atomic mass is 32.1. The third-order valence-corrected chi connectivity index (χ3v) is 2.82. The second kappa shape index (κ2) is 3.13. The van der Waals surface area contributed by atoms with Crippen molar-refractivity contribution >= 4 is 11.3 Å². The summed E-state index contributed by atoms with van der Waals surface area (Å²) in [6, 6.07) is 0. The molecule has 2 aromatic heterocycles. The Labute approximate surface area is 84.8 Å². The summed E-state index contributed by atoms with van der Waals surface area (Å²) in [4.78, 5) is 5.81. The molecule has 5 nitrogen and oxygen atoms in total. The van der Waals surface area contributed by atoms with Gasteiger partial charge in [0.15, 0.2) is 0 Å². The predicted octanol–water partition coefficient (Wildman–Crippen LogP) is 1.21. The Hall–Kier alpha value is -1.30. The lowest BCUT2D eigenvalue weighted by Crippen LogP contribution is -2.03. The first-order chi connectivity index (χ1) is 6.92. The predicted molar refractivity (Wildman–Crippen MR) is 51.6 cm³/mol. The van der Waals surface area contributed by atoms with Gasteiger partial charge in [-0.3, -0.25) is 0 Å². The van der Waals surface area contributed by atoms with Crippen molar-refractivity contribution in [1.82, 2.24) is 25.2 Å². The molecule has 1 fully saturated rings. The molecule has 1 aliphatic rings. The fourth-order valence-corrected chi connectivity index (χ4v) is 1.81. The Morgan fingerprint density at radius 3 is 3.14 bits per heavy atom. The summed E-state index contributed by atoms with van der Waals surface area (Å²) in [6.45, 7) is 0.900. The van der Waals surface area contributed by atoms with Gasteiger partial charge in [-0.2, -0.15) is 4.80 Å². The Morgan fingerprint density at radius 1 is 1.50 bits per heavy atom. The SMILES string of the molecule is c1nc(-c2nnn(CC3CC3)n2)cs1. The van der Waals surface area contributed by atoms with Crippen LogP contribution in [0.1, 0.15) is 12.8 Å². The van der Waals surface area contributed by atoms with Crippen LogP contribution in [0.15, 0.2) is 10.9 Å². The van der Waals surface area contributed by atoms with E-state index in [4.69, 9.17) is 0 Å². The molecule has 1 aliphatic carbocycles. The molecule has 0 spiro atoms. The van der Waals surface area contributed by atoms with Crippen molar-refractivity contribution in [3.05, 3.63) is 10.9 Å². The molecule has 0 unspecified atom stereocenters. The molecule has 0 bridgehead atoms. The molecule has 0 N–H and O–H groups in total. The molecular weight excluding hydrogens is 198 g/mol. The third-order valence-electron chi connectivity index (χ3n) is 2.23. The largest absolute Gasteiger partial charge is 0.241 e. The summed E-state index contributed by atoms with van der Waals surface area (Å²) in [5.74, 6) is 1.40. The zero-order valence-electron chi connectivity index (χ0n) is 7.50. The summed E-state index contributed by atoms with van der Waals surface area (Å²) >= 11 is 1.54. The Morgan fingerprint density at radius 2 is 2.43 bits per heavy atom. The number of hydrogen-bond acceptors (Lipinski definition) is 5. The molecule has 72 valence electrons. The van der Waals surface area contributed by atoms with Crippen molar-refractivity contribution in [3.8, 4) is 11.5 Å². The summed E-state index contributed by atoms with van der Waals surface area (Å²) in [5, 5.41) is 14.2. The van der Waals surface area contributed by atoms with Gasteiger partial charge in [0.2, 0.25) is 5.82 Å². The van der Waals surface area contributed by atoms with Crippen molar-refractivity contribution in [2.45, 2.75) is 19.4 Å². The molecule has 6 heteroatoms. The smallest absolute Gasteiger partial charge is 0.224 e. The Kier molecular flexibility index (Phi) is 1.80. The van der Waals surface area contributed by atoms with Gasteiger partial charge in [-0.25, -0.2) is 4.98 Å². The number of thiazole rings is 1. The molecule has 0 amide bonds. The second-order valence-corrected chi connectivity index (χ2v) is 4.20. The number of aromatic nitrogens is 5. The van der Waals surface area contributed by atoms with Crippen LogP contribution in [-0.4, -0.2) is 25.2 Å². The van der Waals surface area contributed by atoms with Crippen LogP contribution in [0.4, 0.5) is 0 Å². The van der Waals surface area contributed by atoms with E-state index in [0.717, 1.165) is 18.2 Å². The van der Waals surface area contributed by atoms with Crippen LogP contribution in [0.5, 0.6) is 0 Å². The minimum absolute atomic E-state index is 0.631. The lowest BCUT2D eigenvalue weighted by Gasteiger charge is -1.92. The van der Waals surface area contributed by atoms with E-state index in [1.807, 2.05) is 5.38 Å². The number of hydrogen-bond donors (Lipinski definition) is 0. The van der Waals surface area contributed by atoms with E-state index < -0.39 is 0 Å². The molecule has 1 saturated carbocycles. The summed E-state index contributed by atoms with van der Waals surface area (Å²) in [6.07, 6.45) is 2.60. The van der Waals surface area contributed by atoms with Gasteiger partial charge >= 0.3 is 0 Å². The van der Waals surface area contributed by atoms with Crippen LogP contribution in [0, 0.1) is 5.92 Å². The van der Waals surface area contributed by atoms with Gasteiger partial charge < -0.3 is 0 Å². The number of nitrogens with zero attached hydrogens (tertiary/aromatic N) is 5. The van der Waals surface area contributed by atoms with Crippen LogP contribution >= 0.6 is 11.3 Å². The van der Waals surface area contributed by atoms with Gasteiger partial charge in [0.05, 0.1) is 12.1 Å². The van der Waals surface area contributed by atoms with Crippen LogP contribution in [0.2, 0.25) is 0 Å². The van der Waals surface area contributed by atoms with Crippen LogP contribution in [0.25, 0.3) is 11.5 Å². The maximum absolute atomic E-state index is 4.27. The minimum Gasteiger partial charge on any atom is -0.241 e. The zero-order chi connectivity index (χ0) is 9.38. The van der Waals surface area contributed by atoms with Gasteiger partial charge in [0.25, 0.3) is 0 Å². The monoisotopic (exact) mass is 207 g/mol. The molecule has 2 heterocycles. The maximum atomic E-state index is 4.27. The average Bonchev–Trinajstić information content (AvgIpc) is 2.71. The van der Waals surface area contributed by atoms with Gasteiger partial charge in [-0.15, -0.1) is 21.5 Å². The fourth-order valence-electron chi connectivity index (χ4n) is 1.28. The van der Waals surface area contributed by atoms with E-state index in [-0.39, 0.29) is 0 Å². The van der Waals surface area contributed by atoms with Crippen LogP contribution in [-0.2, 0) is 6.54 Å². The quantitative estimate of drug-likeness (QED) is 0.759. The minimum atomic E-state index is 0.631. The first kappa shape index (κ1) is 8.05.